The first-order valence-corrected chi connectivity index (χ1v) is 24.1. The lowest BCUT2D eigenvalue weighted by Crippen LogP contribution is -2.49. The van der Waals surface area contributed by atoms with Crippen LogP contribution in [-0.2, 0) is 37.7 Å². The van der Waals surface area contributed by atoms with Crippen molar-refractivity contribution in [2.75, 3.05) is 42.7 Å². The highest BCUT2D eigenvalue weighted by atomic mass is 79.9. The van der Waals surface area contributed by atoms with Crippen LogP contribution in [0.4, 0.5) is 17.1 Å². The number of amides is 3. The van der Waals surface area contributed by atoms with Gasteiger partial charge in [0.15, 0.2) is 13.9 Å². The molecule has 7 rings (SSSR count). The lowest BCUT2D eigenvalue weighted by molar-refractivity contribution is -0.150. The van der Waals surface area contributed by atoms with E-state index >= 15 is 4.79 Å². The Labute approximate surface area is 344 Å². The minimum Gasteiger partial charge on any atom is -0.494 e. The molecule has 14 heteroatoms. The van der Waals surface area contributed by atoms with E-state index in [-0.39, 0.29) is 49.9 Å². The first-order valence-electron chi connectivity index (χ1n) is 20.3. The maximum Gasteiger partial charge on any atom is 0.264 e. The SMILES string of the molecule is CCOc1ccc2c(c1)CC(NCCCCO)C(=O)N2c1ccc(CN2C(=O)[C@]3(O[C@H](CC(=O)N4CCC[C@H]4CO)[C@@H]([Si](C)(C)O)[C@@H]3C)c3cc(Br)ccc32)cc1. The number of aliphatic hydroxyl groups excluding tert-OH is 2. The first-order chi connectivity index (χ1) is 27.3. The number of hydrogen-bond donors (Lipinski definition) is 4. The van der Waals surface area contributed by atoms with E-state index in [1.54, 1.807) is 14.7 Å². The highest BCUT2D eigenvalue weighted by Gasteiger charge is 2.66. The summed E-state index contributed by atoms with van der Waals surface area (Å²) >= 11 is 3.63. The molecule has 4 heterocycles. The Morgan fingerprint density at radius 2 is 1.81 bits per heavy atom. The number of halogens is 1. The molecule has 0 aromatic heterocycles. The predicted molar refractivity (Wildman–Crippen MR) is 224 cm³/mol. The summed E-state index contributed by atoms with van der Waals surface area (Å²) < 4.78 is 13.5. The normalized spacial score (nSPS) is 25.8. The van der Waals surface area contributed by atoms with Crippen molar-refractivity contribution in [3.05, 3.63) is 81.8 Å². The monoisotopic (exact) mass is 862 g/mol. The summed E-state index contributed by atoms with van der Waals surface area (Å²) in [7, 11) is -3.00. The summed E-state index contributed by atoms with van der Waals surface area (Å²) in [6.45, 7) is 9.55. The fourth-order valence-corrected chi connectivity index (χ4v) is 12.6. The highest BCUT2D eigenvalue weighted by Crippen LogP contribution is 2.60. The number of benzene rings is 3. The van der Waals surface area contributed by atoms with E-state index in [1.165, 1.54) is 0 Å². The number of anilines is 3. The molecule has 0 aliphatic carbocycles. The Morgan fingerprint density at radius 3 is 2.51 bits per heavy atom. The standard InChI is InChI=1S/C43H55BrN4O8Si/c1-5-55-33-15-17-36-29(21-33)22-35(45-18-6-7-20-49)41(52)48(36)31-13-10-28(11-14-31)25-47-37-16-12-30(44)23-34(37)43(42(47)53)27(2)40(57(3,4)54)38(56-43)24-39(51)46-19-8-9-32(46)26-50/h10-17,21,23,27,32,35,38,40,45,49-50,54H,5-9,18-20,22,24-26H2,1-4H3/t27-,32-,35?,38+,40-,43+/m0/s1. The van der Waals surface area contributed by atoms with E-state index < -0.39 is 37.5 Å². The van der Waals surface area contributed by atoms with Crippen LogP contribution < -0.4 is 19.9 Å². The highest BCUT2D eigenvalue weighted by molar-refractivity contribution is 9.10. The zero-order valence-electron chi connectivity index (χ0n) is 33.2. The van der Waals surface area contributed by atoms with Crippen molar-refractivity contribution in [3.8, 4) is 5.75 Å². The third-order valence-electron chi connectivity index (χ3n) is 12.3. The van der Waals surface area contributed by atoms with E-state index in [4.69, 9.17) is 9.47 Å². The Kier molecular flexibility index (Phi) is 12.3. The molecule has 0 saturated carbocycles. The Morgan fingerprint density at radius 1 is 1.05 bits per heavy atom. The lowest BCUT2D eigenvalue weighted by atomic mass is 9.82. The number of hydrogen-bond acceptors (Lipinski definition) is 9. The third-order valence-corrected chi connectivity index (χ3v) is 15.3. The molecular formula is C43H55BrN4O8Si. The second-order valence-corrected chi connectivity index (χ2v) is 21.3. The molecule has 0 bridgehead atoms. The molecule has 2 saturated heterocycles. The summed E-state index contributed by atoms with van der Waals surface area (Å²) in [6.07, 6.45) is 2.83. The van der Waals surface area contributed by atoms with E-state index in [9.17, 15) is 24.6 Å². The number of nitrogens with zero attached hydrogens (tertiary/aromatic N) is 3. The summed E-state index contributed by atoms with van der Waals surface area (Å²) in [5.41, 5.74) is 2.93. The van der Waals surface area contributed by atoms with Gasteiger partial charge in [0.05, 0.1) is 55.7 Å². The van der Waals surface area contributed by atoms with Gasteiger partial charge in [-0.25, -0.2) is 0 Å². The average Bonchev–Trinajstić information content (AvgIpc) is 3.84. The van der Waals surface area contributed by atoms with Gasteiger partial charge in [-0.2, -0.15) is 0 Å². The number of aliphatic hydroxyl groups is 2. The fourth-order valence-electron chi connectivity index (χ4n) is 9.70. The molecular weight excluding hydrogens is 808 g/mol. The molecule has 1 unspecified atom stereocenters. The third kappa shape index (κ3) is 7.82. The van der Waals surface area contributed by atoms with Gasteiger partial charge in [0, 0.05) is 40.3 Å². The van der Waals surface area contributed by atoms with Crippen LogP contribution in [0.1, 0.15) is 62.6 Å². The van der Waals surface area contributed by atoms with Crippen LogP contribution >= 0.6 is 15.9 Å². The number of nitrogens with one attached hydrogen (secondary N) is 1. The van der Waals surface area contributed by atoms with Gasteiger partial charge in [-0.15, -0.1) is 0 Å². The van der Waals surface area contributed by atoms with Crippen LogP contribution in [0.3, 0.4) is 0 Å². The van der Waals surface area contributed by atoms with Crippen molar-refractivity contribution in [1.82, 2.24) is 10.2 Å². The zero-order chi connectivity index (χ0) is 40.6. The van der Waals surface area contributed by atoms with Crippen LogP contribution in [0.15, 0.2) is 65.1 Å². The van der Waals surface area contributed by atoms with E-state index in [0.29, 0.717) is 49.5 Å². The second-order valence-electron chi connectivity index (χ2n) is 16.4. The van der Waals surface area contributed by atoms with Crippen molar-refractivity contribution in [3.63, 3.8) is 0 Å². The summed E-state index contributed by atoms with van der Waals surface area (Å²) in [6, 6.07) is 18.5. The maximum absolute atomic E-state index is 15.0. The minimum absolute atomic E-state index is 0.0205. The molecule has 2 fully saturated rings. The smallest absolute Gasteiger partial charge is 0.264 e. The maximum atomic E-state index is 15.0. The summed E-state index contributed by atoms with van der Waals surface area (Å²) in [4.78, 5) is 59.7. The van der Waals surface area contributed by atoms with Crippen LogP contribution in [-0.4, -0.2) is 97.0 Å². The molecule has 6 atom stereocenters. The van der Waals surface area contributed by atoms with Gasteiger partial charge in [0.2, 0.25) is 11.8 Å². The Hall–Kier alpha value is -3.63. The average molecular weight is 864 g/mol. The van der Waals surface area contributed by atoms with E-state index in [0.717, 1.165) is 46.3 Å². The van der Waals surface area contributed by atoms with E-state index in [2.05, 4.69) is 21.2 Å². The molecule has 3 aromatic carbocycles. The van der Waals surface area contributed by atoms with Gasteiger partial charge in [0.1, 0.15) is 5.75 Å². The Balaban J connectivity index is 1.17. The molecule has 57 heavy (non-hydrogen) atoms. The molecule has 0 radical (unpaired) electrons. The van der Waals surface area contributed by atoms with Crippen molar-refractivity contribution in [1.29, 1.82) is 0 Å². The molecule has 4 aliphatic rings. The first kappa shape index (κ1) is 41.5. The largest absolute Gasteiger partial charge is 0.494 e. The molecule has 4 aliphatic heterocycles. The minimum atomic E-state index is -3.00. The molecule has 306 valence electrons. The molecule has 3 aromatic rings. The van der Waals surface area contributed by atoms with Gasteiger partial charge in [-0.1, -0.05) is 35.0 Å². The quantitative estimate of drug-likeness (QED) is 0.121. The van der Waals surface area contributed by atoms with Crippen molar-refractivity contribution >= 4 is 59.0 Å². The zero-order valence-corrected chi connectivity index (χ0v) is 35.8. The van der Waals surface area contributed by atoms with Crippen molar-refractivity contribution in [2.45, 2.75) is 101 Å². The molecule has 4 N–H and O–H groups in total. The number of fused-ring (bicyclic) bond motifs is 3. The lowest BCUT2D eigenvalue weighted by Gasteiger charge is -2.35. The van der Waals surface area contributed by atoms with Gasteiger partial charge in [0.25, 0.3) is 5.91 Å². The van der Waals surface area contributed by atoms with Gasteiger partial charge in [-0.05, 0) is 118 Å². The summed E-state index contributed by atoms with van der Waals surface area (Å²) in [5, 5.41) is 22.6. The van der Waals surface area contributed by atoms with Crippen LogP contribution in [0.25, 0.3) is 0 Å². The van der Waals surface area contributed by atoms with Gasteiger partial charge < -0.3 is 39.6 Å². The van der Waals surface area contributed by atoms with Gasteiger partial charge >= 0.3 is 0 Å². The summed E-state index contributed by atoms with van der Waals surface area (Å²) in [5.74, 6) is -0.117. The van der Waals surface area contributed by atoms with Crippen LogP contribution in [0, 0.1) is 5.92 Å². The fraction of sp³-hybridized carbons (Fsp3) is 0.512. The molecule has 1 spiro atoms. The van der Waals surface area contributed by atoms with Crippen molar-refractivity contribution < 1.29 is 38.9 Å². The topological polar surface area (TPSA) is 152 Å². The second kappa shape index (κ2) is 16.9. The number of ether oxygens (including phenoxy) is 2. The van der Waals surface area contributed by atoms with Gasteiger partial charge in [-0.3, -0.25) is 19.3 Å². The molecule has 12 nitrogen and oxygen atoms in total. The number of carbonyl (C=O) groups is 3. The van der Waals surface area contributed by atoms with Crippen molar-refractivity contribution in [2.24, 2.45) is 5.92 Å². The van der Waals surface area contributed by atoms with Crippen LogP contribution in [0.5, 0.6) is 5.75 Å². The number of carbonyl (C=O) groups excluding carboxylic acids is 3. The van der Waals surface area contributed by atoms with E-state index in [1.807, 2.05) is 87.6 Å². The molecule has 3 amide bonds. The van der Waals surface area contributed by atoms with Crippen LogP contribution in [0.2, 0.25) is 18.6 Å². The number of rotatable bonds is 14. The number of unbranched alkanes of at least 4 members (excludes halogenated alkanes) is 1. The Bertz CT molecular complexity index is 1980. The predicted octanol–water partition coefficient (Wildman–Crippen LogP) is 5.52. The number of likely N-dealkylation sites (tertiary alicyclic amines) is 1.